The molecule has 0 aliphatic carbocycles. The second-order valence-electron chi connectivity index (χ2n) is 4.82. The maximum absolute atomic E-state index is 12.0. The van der Waals surface area contributed by atoms with Gasteiger partial charge in [0.15, 0.2) is 0 Å². The molecule has 1 heterocycles. The lowest BCUT2D eigenvalue weighted by Crippen LogP contribution is -2.35. The van der Waals surface area contributed by atoms with E-state index in [4.69, 9.17) is 5.73 Å². The first-order valence-corrected chi connectivity index (χ1v) is 7.07. The topological polar surface area (TPSA) is 92.9 Å². The quantitative estimate of drug-likeness (QED) is 0.677. The first kappa shape index (κ1) is 18.0. The van der Waals surface area contributed by atoms with Gasteiger partial charge in [-0.2, -0.15) is 0 Å². The predicted octanol–water partition coefficient (Wildman–Crippen LogP) is 1.83. The molecule has 0 saturated heterocycles. The fourth-order valence-electron chi connectivity index (χ4n) is 2.07. The van der Waals surface area contributed by atoms with Crippen LogP contribution in [0.1, 0.15) is 19.3 Å². The van der Waals surface area contributed by atoms with Crippen molar-refractivity contribution in [2.24, 2.45) is 5.73 Å². The van der Waals surface area contributed by atoms with Crippen LogP contribution in [0.5, 0.6) is 0 Å². The molecule has 6 nitrogen and oxygen atoms in total. The van der Waals surface area contributed by atoms with Crippen LogP contribution in [0.25, 0.3) is 0 Å². The molecule has 0 fully saturated rings. The van der Waals surface area contributed by atoms with Gasteiger partial charge in [0, 0.05) is 18.3 Å². The van der Waals surface area contributed by atoms with Crippen molar-refractivity contribution in [3.05, 3.63) is 57.2 Å². The zero-order chi connectivity index (χ0) is 15.1. The zero-order valence-electron chi connectivity index (χ0n) is 12.2. The van der Waals surface area contributed by atoms with Gasteiger partial charge >= 0.3 is 5.69 Å². The van der Waals surface area contributed by atoms with Crippen molar-refractivity contribution in [1.82, 2.24) is 9.55 Å². The summed E-state index contributed by atoms with van der Waals surface area (Å²) >= 11 is 0. The standard InChI is InChI=1S/C15H20N4O2.ClH/c16-9-5-2-6-10-19-14(20)11-13(18-15(19)21)17-12-7-3-1-4-8-12;/h1,3-4,7-8,11,17H,2,5-6,9-10,16H2,(H,18,21);1H. The molecule has 4 N–H and O–H groups in total. The largest absolute Gasteiger partial charge is 0.342 e. The van der Waals surface area contributed by atoms with Gasteiger partial charge in [0.2, 0.25) is 0 Å². The monoisotopic (exact) mass is 324 g/mol. The van der Waals surface area contributed by atoms with Crippen molar-refractivity contribution in [1.29, 1.82) is 0 Å². The Hall–Kier alpha value is -2.05. The number of hydrogen-bond donors (Lipinski definition) is 3. The van der Waals surface area contributed by atoms with Crippen LogP contribution in [-0.4, -0.2) is 16.1 Å². The smallest absolute Gasteiger partial charge is 0.329 e. The normalized spacial score (nSPS) is 10.0. The summed E-state index contributed by atoms with van der Waals surface area (Å²) in [4.78, 5) is 26.6. The van der Waals surface area contributed by atoms with Gasteiger partial charge in [0.05, 0.1) is 0 Å². The number of rotatable bonds is 7. The lowest BCUT2D eigenvalue weighted by Gasteiger charge is -2.08. The number of benzene rings is 1. The molecule has 1 aromatic heterocycles. The number of unbranched alkanes of at least 4 members (excludes halogenated alkanes) is 2. The van der Waals surface area contributed by atoms with Crippen LogP contribution in [0.4, 0.5) is 11.5 Å². The van der Waals surface area contributed by atoms with Gasteiger partial charge in [-0.1, -0.05) is 24.6 Å². The van der Waals surface area contributed by atoms with E-state index in [2.05, 4.69) is 10.3 Å². The Bertz CT molecular complexity index is 651. The number of anilines is 2. The summed E-state index contributed by atoms with van der Waals surface area (Å²) in [5, 5.41) is 3.00. The van der Waals surface area contributed by atoms with Crippen molar-refractivity contribution >= 4 is 23.9 Å². The number of H-pyrrole nitrogens is 1. The molecule has 0 atom stereocenters. The Kier molecular flexibility index (Phi) is 7.42. The Labute approximate surface area is 134 Å². The molecule has 0 saturated carbocycles. The number of nitrogens with zero attached hydrogens (tertiary/aromatic N) is 1. The summed E-state index contributed by atoms with van der Waals surface area (Å²) in [5.74, 6) is 0.398. The Morgan fingerprint density at radius 3 is 2.45 bits per heavy atom. The highest BCUT2D eigenvalue weighted by Gasteiger charge is 2.04. The summed E-state index contributed by atoms with van der Waals surface area (Å²) in [6, 6.07) is 10.8. The molecule has 0 radical (unpaired) electrons. The van der Waals surface area contributed by atoms with Crippen LogP contribution in [0, 0.1) is 0 Å². The molecule has 120 valence electrons. The molecule has 0 spiro atoms. The molecule has 1 aromatic carbocycles. The fourth-order valence-corrected chi connectivity index (χ4v) is 2.07. The number of aromatic amines is 1. The van der Waals surface area contributed by atoms with E-state index in [0.717, 1.165) is 24.9 Å². The summed E-state index contributed by atoms with van der Waals surface area (Å²) < 4.78 is 1.21. The van der Waals surface area contributed by atoms with Gasteiger partial charge < -0.3 is 11.1 Å². The van der Waals surface area contributed by atoms with Crippen molar-refractivity contribution in [2.45, 2.75) is 25.8 Å². The molecule has 0 aliphatic rings. The van der Waals surface area contributed by atoms with E-state index in [0.29, 0.717) is 18.9 Å². The highest BCUT2D eigenvalue weighted by molar-refractivity contribution is 5.85. The van der Waals surface area contributed by atoms with Crippen LogP contribution in [0.15, 0.2) is 46.0 Å². The molecular formula is C15H21ClN4O2. The van der Waals surface area contributed by atoms with Gasteiger partial charge in [-0.3, -0.25) is 14.3 Å². The van der Waals surface area contributed by atoms with Gasteiger partial charge in [-0.15, -0.1) is 12.4 Å². The highest BCUT2D eigenvalue weighted by atomic mass is 35.5. The molecule has 0 unspecified atom stereocenters. The van der Waals surface area contributed by atoms with Crippen LogP contribution in [0.2, 0.25) is 0 Å². The van der Waals surface area contributed by atoms with Crippen molar-refractivity contribution in [3.63, 3.8) is 0 Å². The minimum absolute atomic E-state index is 0. The Morgan fingerprint density at radius 1 is 1.09 bits per heavy atom. The molecule has 0 amide bonds. The molecule has 0 aliphatic heterocycles. The Balaban J connectivity index is 0.00000242. The van der Waals surface area contributed by atoms with Crippen molar-refractivity contribution in [3.8, 4) is 0 Å². The van der Waals surface area contributed by atoms with Gasteiger partial charge in [-0.25, -0.2) is 4.79 Å². The third-order valence-electron chi connectivity index (χ3n) is 3.16. The summed E-state index contributed by atoms with van der Waals surface area (Å²) in [7, 11) is 0. The van der Waals surface area contributed by atoms with Gasteiger partial charge in [0.1, 0.15) is 5.82 Å². The first-order valence-electron chi connectivity index (χ1n) is 7.07. The van der Waals surface area contributed by atoms with E-state index in [1.165, 1.54) is 10.6 Å². The maximum atomic E-state index is 12.0. The lowest BCUT2D eigenvalue weighted by atomic mass is 10.2. The summed E-state index contributed by atoms with van der Waals surface area (Å²) in [6.07, 6.45) is 2.58. The third-order valence-corrected chi connectivity index (χ3v) is 3.16. The van der Waals surface area contributed by atoms with Crippen molar-refractivity contribution < 1.29 is 0 Å². The summed E-state index contributed by atoms with van der Waals surface area (Å²) in [6.45, 7) is 1.05. The summed E-state index contributed by atoms with van der Waals surface area (Å²) in [5.41, 5.74) is 5.53. The van der Waals surface area contributed by atoms with E-state index < -0.39 is 5.69 Å². The van der Waals surface area contributed by atoms with E-state index >= 15 is 0 Å². The minimum Gasteiger partial charge on any atom is -0.342 e. The second-order valence-corrected chi connectivity index (χ2v) is 4.82. The molecule has 2 rings (SSSR count). The zero-order valence-corrected chi connectivity index (χ0v) is 13.1. The van der Waals surface area contributed by atoms with E-state index in [9.17, 15) is 9.59 Å². The third kappa shape index (κ3) is 5.05. The van der Waals surface area contributed by atoms with E-state index in [1.54, 1.807) is 0 Å². The highest BCUT2D eigenvalue weighted by Crippen LogP contribution is 2.10. The average molecular weight is 325 g/mol. The fraction of sp³-hybridized carbons (Fsp3) is 0.333. The number of nitrogens with one attached hydrogen (secondary N) is 2. The van der Waals surface area contributed by atoms with E-state index in [1.807, 2.05) is 30.3 Å². The average Bonchev–Trinajstić information content (AvgIpc) is 2.47. The number of hydrogen-bond acceptors (Lipinski definition) is 4. The van der Waals surface area contributed by atoms with Crippen LogP contribution in [-0.2, 0) is 6.54 Å². The molecule has 22 heavy (non-hydrogen) atoms. The van der Waals surface area contributed by atoms with Gasteiger partial charge in [-0.05, 0) is 31.5 Å². The molecular weight excluding hydrogens is 304 g/mol. The second kappa shape index (κ2) is 9.07. The van der Waals surface area contributed by atoms with Crippen molar-refractivity contribution in [2.75, 3.05) is 11.9 Å². The maximum Gasteiger partial charge on any atom is 0.329 e. The molecule has 7 heteroatoms. The number of nitrogens with two attached hydrogens (primary N) is 1. The van der Waals surface area contributed by atoms with Gasteiger partial charge in [0.25, 0.3) is 5.56 Å². The molecule has 0 bridgehead atoms. The predicted molar refractivity (Wildman–Crippen MR) is 91.2 cm³/mol. The van der Waals surface area contributed by atoms with Crippen LogP contribution < -0.4 is 22.3 Å². The molecule has 2 aromatic rings. The SMILES string of the molecule is Cl.NCCCCCn1c(=O)cc(Nc2ccccc2)[nH]c1=O. The van der Waals surface area contributed by atoms with Crippen LogP contribution in [0.3, 0.4) is 0 Å². The minimum atomic E-state index is -0.395. The van der Waals surface area contributed by atoms with Crippen LogP contribution >= 0.6 is 12.4 Å². The van der Waals surface area contributed by atoms with E-state index in [-0.39, 0.29) is 18.0 Å². The number of halogens is 1. The Morgan fingerprint density at radius 2 is 1.82 bits per heavy atom. The first-order chi connectivity index (χ1) is 10.2. The lowest BCUT2D eigenvalue weighted by molar-refractivity contribution is 0.557. The number of para-hydroxylation sites is 1. The number of aromatic nitrogens is 2.